The van der Waals surface area contributed by atoms with Gasteiger partial charge in [-0.15, -0.1) is 0 Å². The van der Waals surface area contributed by atoms with Crippen LogP contribution in [0, 0.1) is 0 Å². The Hall–Kier alpha value is -2.49. The minimum Gasteiger partial charge on any atom is -0.494 e. The number of hydrogen-bond donors (Lipinski definition) is 0. The molecule has 0 spiro atoms. The van der Waals surface area contributed by atoms with Crippen molar-refractivity contribution in [1.82, 2.24) is 0 Å². The van der Waals surface area contributed by atoms with Crippen molar-refractivity contribution in [2.75, 3.05) is 13.2 Å². The second-order valence-corrected chi connectivity index (χ2v) is 6.03. The van der Waals surface area contributed by atoms with Crippen LogP contribution in [0.15, 0.2) is 48.5 Å². The van der Waals surface area contributed by atoms with Crippen LogP contribution in [-0.2, 0) is 4.79 Å². The Morgan fingerprint density at radius 3 is 2.28 bits per heavy atom. The van der Waals surface area contributed by atoms with Gasteiger partial charge in [-0.05, 0) is 49.1 Å². The van der Waals surface area contributed by atoms with E-state index in [1.807, 2.05) is 31.2 Å². The third kappa shape index (κ3) is 6.14. The van der Waals surface area contributed by atoms with Gasteiger partial charge in [0.15, 0.2) is 11.5 Å². The Balaban J connectivity index is 1.73. The molecular weight excluding hydrogens is 316 g/mol. The second kappa shape index (κ2) is 9.72. The number of benzene rings is 2. The van der Waals surface area contributed by atoms with Gasteiger partial charge in [0.05, 0.1) is 13.2 Å². The van der Waals surface area contributed by atoms with Gasteiger partial charge in [-0.2, -0.15) is 0 Å². The van der Waals surface area contributed by atoms with Crippen molar-refractivity contribution in [3.05, 3.63) is 54.1 Å². The van der Waals surface area contributed by atoms with Crippen molar-refractivity contribution in [2.24, 2.45) is 0 Å². The summed E-state index contributed by atoms with van der Waals surface area (Å²) in [6.45, 7) is 7.21. The molecule has 0 saturated heterocycles. The van der Waals surface area contributed by atoms with Gasteiger partial charge in [-0.3, -0.25) is 4.79 Å². The number of carbonyl (C=O) groups is 1. The van der Waals surface area contributed by atoms with Gasteiger partial charge in [0.2, 0.25) is 0 Å². The van der Waals surface area contributed by atoms with Crippen LogP contribution in [0.25, 0.3) is 0 Å². The average molecular weight is 342 g/mol. The topological polar surface area (TPSA) is 44.8 Å². The summed E-state index contributed by atoms with van der Waals surface area (Å²) in [5, 5.41) is 0. The van der Waals surface area contributed by atoms with Crippen molar-refractivity contribution in [1.29, 1.82) is 0 Å². The Kier molecular flexibility index (Phi) is 7.33. The predicted molar refractivity (Wildman–Crippen MR) is 98.5 cm³/mol. The molecule has 4 nitrogen and oxygen atoms in total. The van der Waals surface area contributed by atoms with Crippen LogP contribution in [0.2, 0.25) is 0 Å². The van der Waals surface area contributed by atoms with E-state index in [4.69, 9.17) is 14.2 Å². The fourth-order valence-electron chi connectivity index (χ4n) is 2.34. The molecule has 0 saturated carbocycles. The maximum Gasteiger partial charge on any atom is 0.311 e. The van der Waals surface area contributed by atoms with Gasteiger partial charge in [0.25, 0.3) is 0 Å². The van der Waals surface area contributed by atoms with E-state index in [0.29, 0.717) is 43.5 Å². The number of para-hydroxylation sites is 2. The lowest BCUT2D eigenvalue weighted by molar-refractivity contribution is -0.134. The third-order valence-corrected chi connectivity index (χ3v) is 3.71. The molecule has 0 aliphatic rings. The fraction of sp³-hybridized carbons (Fsp3) is 0.381. The largest absolute Gasteiger partial charge is 0.494 e. The van der Waals surface area contributed by atoms with E-state index in [1.165, 1.54) is 5.56 Å². The maximum atomic E-state index is 12.0. The van der Waals surface area contributed by atoms with Crippen molar-refractivity contribution in [3.8, 4) is 17.2 Å². The molecule has 2 aromatic rings. The minimum atomic E-state index is -0.286. The minimum absolute atomic E-state index is 0.286. The lowest BCUT2D eigenvalue weighted by Gasteiger charge is -2.11. The Labute approximate surface area is 149 Å². The Morgan fingerprint density at radius 1 is 0.960 bits per heavy atom. The molecular formula is C21H26O4. The Bertz CT molecular complexity index is 662. The van der Waals surface area contributed by atoms with Crippen LogP contribution in [-0.4, -0.2) is 19.2 Å². The van der Waals surface area contributed by atoms with E-state index in [2.05, 4.69) is 26.0 Å². The van der Waals surface area contributed by atoms with E-state index in [9.17, 15) is 4.79 Å². The highest BCUT2D eigenvalue weighted by molar-refractivity contribution is 5.73. The van der Waals surface area contributed by atoms with E-state index in [0.717, 1.165) is 5.75 Å². The summed E-state index contributed by atoms with van der Waals surface area (Å²) in [6, 6.07) is 15.2. The van der Waals surface area contributed by atoms with Gasteiger partial charge < -0.3 is 14.2 Å². The van der Waals surface area contributed by atoms with Crippen LogP contribution in [0.1, 0.15) is 45.1 Å². The molecule has 0 radical (unpaired) electrons. The SMILES string of the molecule is CCOc1ccccc1OC(=O)CCCOc1ccc(C(C)C)cc1. The zero-order valence-electron chi connectivity index (χ0n) is 15.2. The average Bonchev–Trinajstić information content (AvgIpc) is 2.61. The monoisotopic (exact) mass is 342 g/mol. The quantitative estimate of drug-likeness (QED) is 0.366. The molecule has 0 aliphatic heterocycles. The van der Waals surface area contributed by atoms with Gasteiger partial charge in [-0.25, -0.2) is 0 Å². The first-order valence-corrected chi connectivity index (χ1v) is 8.75. The summed E-state index contributed by atoms with van der Waals surface area (Å²) < 4.78 is 16.5. The van der Waals surface area contributed by atoms with E-state index < -0.39 is 0 Å². The fourth-order valence-corrected chi connectivity index (χ4v) is 2.34. The molecule has 134 valence electrons. The molecule has 25 heavy (non-hydrogen) atoms. The highest BCUT2D eigenvalue weighted by Gasteiger charge is 2.09. The Morgan fingerprint density at radius 2 is 1.64 bits per heavy atom. The molecule has 0 N–H and O–H groups in total. The molecule has 0 heterocycles. The first-order chi connectivity index (χ1) is 12.1. The van der Waals surface area contributed by atoms with E-state index in [-0.39, 0.29) is 5.97 Å². The maximum absolute atomic E-state index is 12.0. The normalized spacial score (nSPS) is 10.6. The molecule has 2 rings (SSSR count). The zero-order valence-corrected chi connectivity index (χ0v) is 15.2. The van der Waals surface area contributed by atoms with E-state index >= 15 is 0 Å². The smallest absolute Gasteiger partial charge is 0.311 e. The summed E-state index contributed by atoms with van der Waals surface area (Å²) >= 11 is 0. The van der Waals surface area contributed by atoms with Gasteiger partial charge in [0, 0.05) is 6.42 Å². The number of esters is 1. The molecule has 0 amide bonds. The van der Waals surface area contributed by atoms with Crippen molar-refractivity contribution < 1.29 is 19.0 Å². The lowest BCUT2D eigenvalue weighted by atomic mass is 10.0. The molecule has 0 unspecified atom stereocenters. The summed E-state index contributed by atoms with van der Waals surface area (Å²) in [6.07, 6.45) is 0.895. The summed E-state index contributed by atoms with van der Waals surface area (Å²) in [4.78, 5) is 12.0. The zero-order chi connectivity index (χ0) is 18.1. The first kappa shape index (κ1) is 18.8. The summed E-state index contributed by atoms with van der Waals surface area (Å²) in [7, 11) is 0. The molecule has 0 atom stereocenters. The number of ether oxygens (including phenoxy) is 3. The molecule has 2 aromatic carbocycles. The number of hydrogen-bond acceptors (Lipinski definition) is 4. The highest BCUT2D eigenvalue weighted by Crippen LogP contribution is 2.26. The standard InChI is InChI=1S/C21H26O4/c1-4-23-19-8-5-6-9-20(19)25-21(22)10-7-15-24-18-13-11-17(12-14-18)16(2)3/h5-6,8-9,11-14,16H,4,7,10,15H2,1-3H3. The van der Waals surface area contributed by atoms with Crippen LogP contribution in [0.3, 0.4) is 0 Å². The van der Waals surface area contributed by atoms with Crippen LogP contribution in [0.5, 0.6) is 17.2 Å². The summed E-state index contributed by atoms with van der Waals surface area (Å²) in [5.41, 5.74) is 1.28. The second-order valence-electron chi connectivity index (χ2n) is 6.03. The van der Waals surface area contributed by atoms with Crippen molar-refractivity contribution >= 4 is 5.97 Å². The molecule has 0 fully saturated rings. The number of rotatable bonds is 9. The van der Waals surface area contributed by atoms with Gasteiger partial charge in [-0.1, -0.05) is 38.1 Å². The summed E-state index contributed by atoms with van der Waals surface area (Å²) in [5.74, 6) is 2.08. The molecule has 0 bridgehead atoms. The van der Waals surface area contributed by atoms with Gasteiger partial charge >= 0.3 is 5.97 Å². The predicted octanol–water partition coefficient (Wildman–Crippen LogP) is 4.97. The van der Waals surface area contributed by atoms with Gasteiger partial charge in [0.1, 0.15) is 5.75 Å². The highest BCUT2D eigenvalue weighted by atomic mass is 16.6. The lowest BCUT2D eigenvalue weighted by Crippen LogP contribution is -2.10. The van der Waals surface area contributed by atoms with Crippen LogP contribution < -0.4 is 14.2 Å². The van der Waals surface area contributed by atoms with Crippen molar-refractivity contribution in [3.63, 3.8) is 0 Å². The van der Waals surface area contributed by atoms with Crippen molar-refractivity contribution in [2.45, 2.75) is 39.5 Å². The molecule has 0 aliphatic carbocycles. The third-order valence-electron chi connectivity index (χ3n) is 3.71. The van der Waals surface area contributed by atoms with E-state index in [1.54, 1.807) is 12.1 Å². The molecule has 0 aromatic heterocycles. The molecule has 4 heteroatoms. The first-order valence-electron chi connectivity index (χ1n) is 8.75. The van der Waals surface area contributed by atoms with Crippen LogP contribution >= 0.6 is 0 Å². The van der Waals surface area contributed by atoms with Crippen LogP contribution in [0.4, 0.5) is 0 Å². The number of carbonyl (C=O) groups excluding carboxylic acids is 1.